The van der Waals surface area contributed by atoms with Gasteiger partial charge >= 0.3 is 0 Å². The topological polar surface area (TPSA) is 106 Å². The van der Waals surface area contributed by atoms with Crippen LogP contribution in [-0.4, -0.2) is 99.1 Å². The molecule has 1 amide bonds. The van der Waals surface area contributed by atoms with Crippen LogP contribution in [0.25, 0.3) is 22.2 Å². The number of fused-ring (bicyclic) bond motifs is 9. The number of pyridine rings is 1. The number of ether oxygens (including phenoxy) is 1. The molecule has 230 valence electrons. The largest absolute Gasteiger partial charge is 0.476 e. The minimum atomic E-state index is -0.308. The van der Waals surface area contributed by atoms with Crippen LogP contribution >= 0.6 is 0 Å². The summed E-state index contributed by atoms with van der Waals surface area (Å²) < 4.78 is 11.7. The number of aryl methyl sites for hydroxylation is 2. The van der Waals surface area contributed by atoms with E-state index in [9.17, 15) is 9.59 Å². The highest BCUT2D eigenvalue weighted by molar-refractivity contribution is 6.04. The predicted octanol–water partition coefficient (Wildman–Crippen LogP) is 2.34. The zero-order chi connectivity index (χ0) is 30.2. The number of aromatic nitrogens is 5. The van der Waals surface area contributed by atoms with Gasteiger partial charge in [0.05, 0.1) is 39.5 Å². The van der Waals surface area contributed by atoms with E-state index in [0.29, 0.717) is 41.0 Å². The van der Waals surface area contributed by atoms with Gasteiger partial charge < -0.3 is 23.7 Å². The molecule has 44 heavy (non-hydrogen) atoms. The van der Waals surface area contributed by atoms with E-state index in [2.05, 4.69) is 54.9 Å². The summed E-state index contributed by atoms with van der Waals surface area (Å²) in [5, 5.41) is 7.59. The molecule has 3 aromatic heterocycles. The number of nitrogens with zero attached hydrogens (tertiary/aromatic N) is 8. The monoisotopic (exact) mass is 597 g/mol. The number of piperazine rings is 1. The van der Waals surface area contributed by atoms with Gasteiger partial charge in [-0.25, -0.2) is 9.67 Å². The molecule has 2 saturated heterocycles. The van der Waals surface area contributed by atoms with Gasteiger partial charge in [-0.3, -0.25) is 19.8 Å². The molecular formula is C32H39N9O3. The number of amides is 1. The van der Waals surface area contributed by atoms with Gasteiger partial charge in [0.1, 0.15) is 6.61 Å². The van der Waals surface area contributed by atoms with Crippen LogP contribution < -0.4 is 20.5 Å². The highest BCUT2D eigenvalue weighted by atomic mass is 16.5. The summed E-state index contributed by atoms with van der Waals surface area (Å²) in [5.74, 6) is 1.35. The summed E-state index contributed by atoms with van der Waals surface area (Å²) in [7, 11) is 5.64. The molecule has 1 aliphatic carbocycles. The third kappa shape index (κ3) is 4.42. The van der Waals surface area contributed by atoms with Crippen LogP contribution in [-0.2, 0) is 19.6 Å². The minimum absolute atomic E-state index is 0.192. The Morgan fingerprint density at radius 2 is 1.86 bits per heavy atom. The number of nitrogens with one attached hydrogen (secondary N) is 1. The fourth-order valence-electron chi connectivity index (χ4n) is 7.95. The van der Waals surface area contributed by atoms with Crippen LogP contribution in [0.2, 0.25) is 0 Å². The van der Waals surface area contributed by atoms with Crippen LogP contribution in [0, 0.1) is 5.92 Å². The van der Waals surface area contributed by atoms with Gasteiger partial charge in [0, 0.05) is 71.8 Å². The quantitative estimate of drug-likeness (QED) is 0.357. The van der Waals surface area contributed by atoms with Crippen molar-refractivity contribution in [3.05, 3.63) is 52.6 Å². The summed E-state index contributed by atoms with van der Waals surface area (Å²) in [6, 6.07) is 8.22. The predicted molar refractivity (Wildman–Crippen MR) is 169 cm³/mol. The van der Waals surface area contributed by atoms with Crippen LogP contribution in [0.5, 0.6) is 5.88 Å². The Hall–Kier alpha value is -4.16. The van der Waals surface area contributed by atoms with Gasteiger partial charge in [-0.15, -0.1) is 0 Å². The summed E-state index contributed by atoms with van der Waals surface area (Å²) in [6.07, 6.45) is 6.44. The van der Waals surface area contributed by atoms with Crippen molar-refractivity contribution in [2.45, 2.75) is 24.8 Å². The van der Waals surface area contributed by atoms with Crippen LogP contribution in [0.3, 0.4) is 0 Å². The Morgan fingerprint density at radius 3 is 2.70 bits per heavy atom. The van der Waals surface area contributed by atoms with Crippen LogP contribution in [0.4, 0.5) is 11.6 Å². The maximum atomic E-state index is 14.0. The summed E-state index contributed by atoms with van der Waals surface area (Å²) >= 11 is 0. The molecule has 4 aromatic rings. The van der Waals surface area contributed by atoms with Crippen molar-refractivity contribution >= 4 is 28.6 Å². The molecule has 5 bridgehead atoms. The third-order valence-corrected chi connectivity index (χ3v) is 10.2. The molecule has 1 saturated carbocycles. The van der Waals surface area contributed by atoms with Crippen LogP contribution in [0.15, 0.2) is 41.5 Å². The Bertz CT molecular complexity index is 1830. The zero-order valence-electron chi connectivity index (χ0n) is 25.6. The molecule has 1 N–H and O–H groups in total. The number of benzene rings is 1. The number of anilines is 2. The van der Waals surface area contributed by atoms with Crippen molar-refractivity contribution < 1.29 is 9.53 Å². The summed E-state index contributed by atoms with van der Waals surface area (Å²) in [6.45, 7) is 7.10. The number of rotatable bonds is 1. The Kier molecular flexibility index (Phi) is 6.35. The van der Waals surface area contributed by atoms with Crippen molar-refractivity contribution in [1.82, 2.24) is 33.7 Å². The molecule has 1 spiro atoms. The van der Waals surface area contributed by atoms with Gasteiger partial charge in [0.15, 0.2) is 0 Å². The van der Waals surface area contributed by atoms with Crippen LogP contribution in [0.1, 0.15) is 29.6 Å². The number of hydrogen-bond acceptors (Lipinski definition) is 8. The van der Waals surface area contributed by atoms with Gasteiger partial charge in [0.2, 0.25) is 11.8 Å². The molecule has 3 atom stereocenters. The second-order valence-electron chi connectivity index (χ2n) is 13.2. The van der Waals surface area contributed by atoms with Crippen molar-refractivity contribution in [3.63, 3.8) is 0 Å². The van der Waals surface area contributed by atoms with Gasteiger partial charge in [-0.2, -0.15) is 5.10 Å². The molecule has 12 heteroatoms. The first-order chi connectivity index (χ1) is 21.3. The Balaban J connectivity index is 1.27. The first-order valence-corrected chi connectivity index (χ1v) is 15.6. The average molecular weight is 598 g/mol. The van der Waals surface area contributed by atoms with E-state index in [1.54, 1.807) is 30.2 Å². The summed E-state index contributed by atoms with van der Waals surface area (Å²) in [5.41, 5.74) is 4.00. The maximum Gasteiger partial charge on any atom is 0.259 e. The second-order valence-corrected chi connectivity index (χ2v) is 13.2. The lowest BCUT2D eigenvalue weighted by molar-refractivity contribution is 0.0902. The average Bonchev–Trinajstić information content (AvgIpc) is 3.66. The first-order valence-electron chi connectivity index (χ1n) is 15.6. The normalized spacial score (nSPS) is 25.5. The lowest BCUT2D eigenvalue weighted by Gasteiger charge is -2.42. The molecule has 3 aliphatic heterocycles. The van der Waals surface area contributed by atoms with Crippen molar-refractivity contribution in [2.75, 3.05) is 69.7 Å². The minimum Gasteiger partial charge on any atom is -0.476 e. The van der Waals surface area contributed by atoms with Crippen molar-refractivity contribution in [1.29, 1.82) is 0 Å². The van der Waals surface area contributed by atoms with E-state index in [1.165, 1.54) is 4.57 Å². The molecule has 6 heterocycles. The molecule has 8 rings (SSSR count). The zero-order valence-corrected chi connectivity index (χ0v) is 25.6. The Morgan fingerprint density at radius 1 is 1.02 bits per heavy atom. The van der Waals surface area contributed by atoms with Crippen molar-refractivity contribution in [3.8, 4) is 17.0 Å². The second kappa shape index (κ2) is 10.2. The number of piperidine rings is 1. The Labute approximate surface area is 255 Å². The highest BCUT2D eigenvalue weighted by Gasteiger charge is 2.48. The molecule has 4 aliphatic rings. The smallest absolute Gasteiger partial charge is 0.259 e. The van der Waals surface area contributed by atoms with E-state index in [0.717, 1.165) is 81.8 Å². The molecule has 3 fully saturated rings. The fourth-order valence-corrected chi connectivity index (χ4v) is 7.95. The fraction of sp³-hybridized carbons (Fsp3) is 0.500. The third-order valence-electron chi connectivity index (χ3n) is 10.2. The van der Waals surface area contributed by atoms with E-state index >= 15 is 0 Å². The molecule has 1 aromatic carbocycles. The lowest BCUT2D eigenvalue weighted by atomic mass is 9.90. The number of carbonyl (C=O) groups is 1. The van der Waals surface area contributed by atoms with E-state index in [1.807, 2.05) is 7.05 Å². The van der Waals surface area contributed by atoms with Gasteiger partial charge in [0.25, 0.3) is 11.5 Å². The number of hydrogen-bond donors (Lipinski definition) is 1. The number of carbonyl (C=O) groups excluding carboxylic acids is 1. The molecule has 0 radical (unpaired) electrons. The molecule has 3 unspecified atom stereocenters. The van der Waals surface area contributed by atoms with Gasteiger partial charge in [-0.05, 0) is 56.5 Å². The SMILES string of the molecule is CN1CCN(c2ccc3c(c2)nc2n3C34CCC(CN(CCOc5c(cnn5C)-c5cc(cn(C)c5=O)C(=O)N2)C3)C4)CC1. The van der Waals surface area contributed by atoms with E-state index in [4.69, 9.17) is 9.72 Å². The maximum absolute atomic E-state index is 14.0. The molecular weight excluding hydrogens is 558 g/mol. The number of likely N-dealkylation sites (N-methyl/N-ethyl adjacent to an activating group) is 1. The van der Waals surface area contributed by atoms with Crippen molar-refractivity contribution in [2.24, 2.45) is 20.0 Å². The highest BCUT2D eigenvalue weighted by Crippen LogP contribution is 2.48. The van der Waals surface area contributed by atoms with E-state index < -0.39 is 0 Å². The number of imidazole rings is 1. The summed E-state index contributed by atoms with van der Waals surface area (Å²) in [4.78, 5) is 39.7. The standard InChI is InChI=1S/C32H39N9O3/c1-36-8-10-40(11-9-36)23-4-5-27-26(15-23)34-31-35-28(42)22-14-24(29(43)37(2)19-22)25-17-33-38(3)30(25)44-13-12-39-18-21-6-7-32(16-21,20-39)41(27)31/h4-5,14-15,17,19,21H,6-13,16,18,20H2,1-3H3,(H,34,35,42). The van der Waals surface area contributed by atoms with E-state index in [-0.39, 0.29) is 17.0 Å². The first kappa shape index (κ1) is 27.4. The molecule has 12 nitrogen and oxygen atoms in total. The lowest BCUT2D eigenvalue weighted by Crippen LogP contribution is -2.50. The van der Waals surface area contributed by atoms with Gasteiger partial charge in [-0.1, -0.05) is 0 Å².